The Morgan fingerprint density at radius 3 is 2.42 bits per heavy atom. The second-order valence-electron chi connectivity index (χ2n) is 7.40. The number of hydrogen-bond acceptors (Lipinski definition) is 5. The summed E-state index contributed by atoms with van der Waals surface area (Å²) in [4.78, 5) is 24.0. The van der Waals surface area contributed by atoms with Crippen LogP contribution in [0, 0.1) is 0 Å². The minimum absolute atomic E-state index is 0.142. The molecule has 0 saturated carbocycles. The van der Waals surface area contributed by atoms with Gasteiger partial charge in [-0.3, -0.25) is 4.79 Å². The molecule has 1 heterocycles. The Morgan fingerprint density at radius 2 is 1.76 bits per heavy atom. The number of anilines is 1. The summed E-state index contributed by atoms with van der Waals surface area (Å²) in [6, 6.07) is 21.3. The molecular formula is C26H22N2O5. The highest BCUT2D eigenvalue weighted by molar-refractivity contribution is 6.32. The van der Waals surface area contributed by atoms with Crippen LogP contribution in [0.4, 0.5) is 5.69 Å². The van der Waals surface area contributed by atoms with Gasteiger partial charge in [-0.15, -0.1) is 0 Å². The lowest BCUT2D eigenvalue weighted by Crippen LogP contribution is -2.21. The molecule has 0 unspecified atom stereocenters. The van der Waals surface area contributed by atoms with Gasteiger partial charge in [-0.2, -0.15) is 10.1 Å². The van der Waals surface area contributed by atoms with Crippen molar-refractivity contribution in [2.75, 3.05) is 12.1 Å². The first-order valence-corrected chi connectivity index (χ1v) is 10.3. The minimum Gasteiger partial charge on any atom is -0.493 e. The van der Waals surface area contributed by atoms with Crippen molar-refractivity contribution >= 4 is 29.4 Å². The molecule has 1 aliphatic heterocycles. The third-order valence-corrected chi connectivity index (χ3v) is 5.16. The molecule has 4 rings (SSSR count). The van der Waals surface area contributed by atoms with Crippen LogP contribution in [0.3, 0.4) is 0 Å². The van der Waals surface area contributed by atoms with E-state index in [4.69, 9.17) is 14.6 Å². The molecule has 0 atom stereocenters. The van der Waals surface area contributed by atoms with Crippen molar-refractivity contribution < 1.29 is 24.2 Å². The summed E-state index contributed by atoms with van der Waals surface area (Å²) in [6.07, 6.45) is 1.75. The predicted molar refractivity (Wildman–Crippen MR) is 126 cm³/mol. The number of carbonyl (C=O) groups excluding carboxylic acids is 1. The van der Waals surface area contributed by atoms with Gasteiger partial charge in [0.2, 0.25) is 0 Å². The molecule has 1 aliphatic rings. The van der Waals surface area contributed by atoms with Crippen molar-refractivity contribution in [1.29, 1.82) is 0 Å². The van der Waals surface area contributed by atoms with E-state index in [0.29, 0.717) is 35.1 Å². The van der Waals surface area contributed by atoms with Crippen molar-refractivity contribution in [1.82, 2.24) is 0 Å². The van der Waals surface area contributed by atoms with E-state index in [2.05, 4.69) is 5.10 Å². The zero-order valence-electron chi connectivity index (χ0n) is 18.2. The second kappa shape index (κ2) is 9.40. The number of amides is 1. The molecule has 1 amide bonds. The summed E-state index contributed by atoms with van der Waals surface area (Å²) in [7, 11) is 1.57. The summed E-state index contributed by atoms with van der Waals surface area (Å²) < 4.78 is 11.4. The van der Waals surface area contributed by atoms with Crippen LogP contribution in [-0.4, -0.2) is 29.8 Å². The molecule has 0 bridgehead atoms. The molecule has 166 valence electrons. The number of rotatable bonds is 7. The minimum atomic E-state index is -1.03. The lowest BCUT2D eigenvalue weighted by atomic mass is 10.1. The van der Waals surface area contributed by atoms with Crippen molar-refractivity contribution in [3.05, 3.63) is 95.1 Å². The molecular weight excluding hydrogens is 420 g/mol. The third-order valence-electron chi connectivity index (χ3n) is 5.16. The topological polar surface area (TPSA) is 88.4 Å². The number of ether oxygens (including phenoxy) is 2. The van der Waals surface area contributed by atoms with Gasteiger partial charge < -0.3 is 14.6 Å². The largest absolute Gasteiger partial charge is 0.493 e. The van der Waals surface area contributed by atoms with Crippen molar-refractivity contribution in [3.63, 3.8) is 0 Å². The highest BCUT2D eigenvalue weighted by Gasteiger charge is 2.28. The molecule has 3 aromatic carbocycles. The van der Waals surface area contributed by atoms with Gasteiger partial charge in [0.15, 0.2) is 11.5 Å². The number of aromatic carboxylic acids is 1. The fourth-order valence-corrected chi connectivity index (χ4v) is 3.40. The fourth-order valence-electron chi connectivity index (χ4n) is 3.40. The monoisotopic (exact) mass is 442 g/mol. The Balaban J connectivity index is 1.53. The van der Waals surface area contributed by atoms with Gasteiger partial charge >= 0.3 is 5.97 Å². The number of hydrogen-bond donors (Lipinski definition) is 1. The Morgan fingerprint density at radius 1 is 1.03 bits per heavy atom. The van der Waals surface area contributed by atoms with Gasteiger partial charge in [-0.05, 0) is 60.5 Å². The van der Waals surface area contributed by atoms with Gasteiger partial charge in [0.25, 0.3) is 5.91 Å². The van der Waals surface area contributed by atoms with Crippen LogP contribution in [0.25, 0.3) is 6.08 Å². The maximum absolute atomic E-state index is 13.0. The van der Waals surface area contributed by atoms with E-state index in [-0.39, 0.29) is 11.5 Å². The lowest BCUT2D eigenvalue weighted by molar-refractivity contribution is -0.114. The third kappa shape index (κ3) is 4.77. The van der Waals surface area contributed by atoms with Crippen LogP contribution in [0.2, 0.25) is 0 Å². The van der Waals surface area contributed by atoms with Crippen molar-refractivity contribution in [2.45, 2.75) is 13.5 Å². The normalized spacial score (nSPS) is 14.4. The molecule has 0 aliphatic carbocycles. The van der Waals surface area contributed by atoms with Gasteiger partial charge in [0.05, 0.1) is 29.6 Å². The van der Waals surface area contributed by atoms with E-state index in [9.17, 15) is 9.59 Å². The number of hydrazone groups is 1. The van der Waals surface area contributed by atoms with Crippen LogP contribution in [0.15, 0.2) is 83.5 Å². The van der Waals surface area contributed by atoms with E-state index in [1.165, 1.54) is 17.1 Å². The Hall–Kier alpha value is -4.39. The highest BCUT2D eigenvalue weighted by Crippen LogP contribution is 2.31. The van der Waals surface area contributed by atoms with Crippen LogP contribution < -0.4 is 14.5 Å². The quantitative estimate of drug-likeness (QED) is 0.532. The summed E-state index contributed by atoms with van der Waals surface area (Å²) in [5.74, 6) is -0.160. The van der Waals surface area contributed by atoms with Crippen molar-refractivity contribution in [3.8, 4) is 11.5 Å². The molecule has 0 aromatic heterocycles. The zero-order chi connectivity index (χ0) is 23.4. The molecule has 0 radical (unpaired) electrons. The number of carbonyl (C=O) groups is 2. The summed E-state index contributed by atoms with van der Waals surface area (Å²) in [5.41, 5.74) is 3.45. The number of nitrogens with zero attached hydrogens (tertiary/aromatic N) is 2. The zero-order valence-corrected chi connectivity index (χ0v) is 18.2. The first-order valence-electron chi connectivity index (χ1n) is 10.3. The molecule has 0 fully saturated rings. The number of benzene rings is 3. The first kappa shape index (κ1) is 21.8. The van der Waals surface area contributed by atoms with Crippen LogP contribution in [0.1, 0.15) is 28.4 Å². The number of methoxy groups -OCH3 is 1. The molecule has 0 spiro atoms. The van der Waals surface area contributed by atoms with Crippen LogP contribution in [0.5, 0.6) is 11.5 Å². The van der Waals surface area contributed by atoms with Crippen LogP contribution in [-0.2, 0) is 11.4 Å². The maximum Gasteiger partial charge on any atom is 0.335 e. The lowest BCUT2D eigenvalue weighted by Gasteiger charge is -2.12. The summed E-state index contributed by atoms with van der Waals surface area (Å²) in [5, 5.41) is 14.7. The standard InChI is InChI=1S/C26H22N2O5/c1-17-22(25(29)28(27-17)21-11-9-20(10-12-21)26(30)31)14-19-8-13-23(24(15-19)32-2)33-16-18-6-4-3-5-7-18/h3-15H,16H2,1-2H3,(H,30,31)/b22-14-. The molecule has 1 N–H and O–H groups in total. The van der Waals surface area contributed by atoms with E-state index < -0.39 is 5.97 Å². The Labute approximate surface area is 191 Å². The van der Waals surface area contributed by atoms with Crippen LogP contribution >= 0.6 is 0 Å². The molecule has 3 aromatic rings. The van der Waals surface area contributed by atoms with Crippen molar-refractivity contribution in [2.24, 2.45) is 5.10 Å². The van der Waals surface area contributed by atoms with E-state index in [1.54, 1.807) is 38.3 Å². The predicted octanol–water partition coefficient (Wildman–Crippen LogP) is 4.78. The average molecular weight is 442 g/mol. The molecule has 7 nitrogen and oxygen atoms in total. The SMILES string of the molecule is COc1cc(/C=C2\C(=O)N(c3ccc(C(=O)O)cc3)N=C2C)ccc1OCc1ccccc1. The van der Waals surface area contributed by atoms with Gasteiger partial charge in [-0.25, -0.2) is 4.79 Å². The number of carboxylic acid groups (broad SMARTS) is 1. The summed E-state index contributed by atoms with van der Waals surface area (Å²) in [6.45, 7) is 2.17. The summed E-state index contributed by atoms with van der Waals surface area (Å²) >= 11 is 0. The number of carboxylic acids is 1. The average Bonchev–Trinajstić information content (AvgIpc) is 3.12. The van der Waals surface area contributed by atoms with Gasteiger partial charge in [0, 0.05) is 0 Å². The molecule has 0 saturated heterocycles. The smallest absolute Gasteiger partial charge is 0.335 e. The molecule has 33 heavy (non-hydrogen) atoms. The molecule has 7 heteroatoms. The van der Waals surface area contributed by atoms with Gasteiger partial charge in [-0.1, -0.05) is 36.4 Å². The maximum atomic E-state index is 13.0. The first-order chi connectivity index (χ1) is 16.0. The van der Waals surface area contributed by atoms with E-state index >= 15 is 0 Å². The van der Waals surface area contributed by atoms with E-state index in [0.717, 1.165) is 11.1 Å². The highest BCUT2D eigenvalue weighted by atomic mass is 16.5. The van der Waals surface area contributed by atoms with Gasteiger partial charge in [0.1, 0.15) is 6.61 Å². The Bertz CT molecular complexity index is 1250. The fraction of sp³-hybridized carbons (Fsp3) is 0.115. The Kier molecular flexibility index (Phi) is 6.22. The second-order valence-corrected chi connectivity index (χ2v) is 7.40. The van der Waals surface area contributed by atoms with E-state index in [1.807, 2.05) is 42.5 Å².